The summed E-state index contributed by atoms with van der Waals surface area (Å²) in [7, 11) is -2.29. The van der Waals surface area contributed by atoms with Crippen LogP contribution < -0.4 is 4.74 Å². The van der Waals surface area contributed by atoms with Crippen LogP contribution in [0.1, 0.15) is 21.5 Å². The van der Waals surface area contributed by atoms with E-state index in [0.717, 1.165) is 5.39 Å². The molecule has 2 heterocycles. The maximum Gasteiger partial charge on any atom is 0.254 e. The van der Waals surface area contributed by atoms with Crippen molar-refractivity contribution >= 4 is 38.2 Å². The van der Waals surface area contributed by atoms with Crippen LogP contribution in [0.25, 0.3) is 10.9 Å². The van der Waals surface area contributed by atoms with Crippen molar-refractivity contribution in [2.24, 2.45) is 0 Å². The standard InChI is InChI=1S/C29H27ClFN3O4S/c1-38-26-16-21(29(35)34-14-12-33(13-15-34)18-22-9-10-24(30)17-25(22)31)7-8-23(26)19-39(36,37)27-6-2-4-20-5-3-11-32-28(20)27/h2-11,16-17H,12-15,18-19H2,1H3. The van der Waals surface area contributed by atoms with Crippen LogP contribution in [-0.4, -0.2) is 62.4 Å². The van der Waals surface area contributed by atoms with Crippen molar-refractivity contribution < 1.29 is 22.3 Å². The van der Waals surface area contributed by atoms with Crippen LogP contribution in [0, 0.1) is 5.82 Å². The molecule has 4 aromatic rings. The van der Waals surface area contributed by atoms with E-state index in [2.05, 4.69) is 9.88 Å². The molecule has 0 N–H and O–H groups in total. The quantitative estimate of drug-likeness (QED) is 0.314. The Kier molecular flexibility index (Phi) is 7.83. The lowest BCUT2D eigenvalue weighted by atomic mass is 10.1. The number of hydrogen-bond acceptors (Lipinski definition) is 6. The summed E-state index contributed by atoms with van der Waals surface area (Å²) in [6.45, 7) is 2.61. The van der Waals surface area contributed by atoms with Gasteiger partial charge in [-0.15, -0.1) is 0 Å². The highest BCUT2D eigenvalue weighted by Gasteiger charge is 2.25. The zero-order valence-corrected chi connectivity index (χ0v) is 22.9. The van der Waals surface area contributed by atoms with Gasteiger partial charge in [0.25, 0.3) is 5.91 Å². The number of aromatic nitrogens is 1. The molecule has 1 saturated heterocycles. The molecule has 1 aliphatic rings. The molecule has 0 aliphatic carbocycles. The summed E-state index contributed by atoms with van der Waals surface area (Å²) in [5, 5.41) is 1.10. The van der Waals surface area contributed by atoms with Crippen molar-refractivity contribution in [1.29, 1.82) is 0 Å². The molecule has 0 bridgehead atoms. The average Bonchev–Trinajstić information content (AvgIpc) is 2.94. The van der Waals surface area contributed by atoms with Gasteiger partial charge in [0.1, 0.15) is 11.6 Å². The maximum absolute atomic E-state index is 14.2. The van der Waals surface area contributed by atoms with Crippen molar-refractivity contribution in [3.63, 3.8) is 0 Å². The number of pyridine rings is 1. The van der Waals surface area contributed by atoms with Gasteiger partial charge in [0, 0.05) is 66.0 Å². The van der Waals surface area contributed by atoms with Crippen molar-refractivity contribution in [2.45, 2.75) is 17.2 Å². The minimum atomic E-state index is -3.74. The first-order valence-electron chi connectivity index (χ1n) is 12.4. The fourth-order valence-corrected chi connectivity index (χ4v) is 6.50. The zero-order valence-electron chi connectivity index (χ0n) is 21.3. The lowest BCUT2D eigenvalue weighted by molar-refractivity contribution is 0.0626. The number of ether oxygens (including phenoxy) is 1. The van der Waals surface area contributed by atoms with E-state index in [9.17, 15) is 17.6 Å². The minimum absolute atomic E-state index is 0.152. The Balaban J connectivity index is 1.28. The number of sulfone groups is 1. The fourth-order valence-electron chi connectivity index (χ4n) is 4.79. The van der Waals surface area contributed by atoms with E-state index in [0.29, 0.717) is 65.7 Å². The molecule has 1 aliphatic heterocycles. The Morgan fingerprint density at radius 3 is 2.49 bits per heavy atom. The minimum Gasteiger partial charge on any atom is -0.496 e. The molecule has 202 valence electrons. The van der Waals surface area contributed by atoms with Gasteiger partial charge in [-0.1, -0.05) is 41.9 Å². The summed E-state index contributed by atoms with van der Waals surface area (Å²) < 4.78 is 46.4. The van der Waals surface area contributed by atoms with E-state index >= 15 is 0 Å². The molecule has 0 unspecified atom stereocenters. The molecule has 10 heteroatoms. The number of para-hydroxylation sites is 1. The Morgan fingerprint density at radius 1 is 1.00 bits per heavy atom. The fraction of sp³-hybridized carbons (Fsp3) is 0.241. The molecular formula is C29H27ClFN3O4S. The van der Waals surface area contributed by atoms with Gasteiger partial charge in [-0.05, 0) is 36.4 Å². The molecule has 39 heavy (non-hydrogen) atoms. The summed E-state index contributed by atoms with van der Waals surface area (Å²) in [6.07, 6.45) is 1.57. The van der Waals surface area contributed by atoms with Crippen LogP contribution in [0.4, 0.5) is 4.39 Å². The number of carbonyl (C=O) groups is 1. The highest BCUT2D eigenvalue weighted by Crippen LogP contribution is 2.29. The third-order valence-corrected chi connectivity index (χ3v) is 8.80. The molecule has 5 rings (SSSR count). The van der Waals surface area contributed by atoms with Gasteiger partial charge in [0.05, 0.1) is 23.3 Å². The van der Waals surface area contributed by atoms with E-state index in [-0.39, 0.29) is 22.4 Å². The first kappa shape index (κ1) is 27.1. The first-order valence-corrected chi connectivity index (χ1v) is 14.5. The molecule has 3 aromatic carbocycles. The summed E-state index contributed by atoms with van der Waals surface area (Å²) in [4.78, 5) is 21.5. The molecule has 7 nitrogen and oxygen atoms in total. The molecule has 1 aromatic heterocycles. The van der Waals surface area contributed by atoms with E-state index in [4.69, 9.17) is 16.3 Å². The molecule has 0 spiro atoms. The van der Waals surface area contributed by atoms with E-state index in [1.807, 2.05) is 12.1 Å². The van der Waals surface area contributed by atoms with Gasteiger partial charge in [0.2, 0.25) is 0 Å². The Hall–Kier alpha value is -3.53. The van der Waals surface area contributed by atoms with Gasteiger partial charge in [-0.25, -0.2) is 12.8 Å². The topological polar surface area (TPSA) is 79.8 Å². The number of rotatable bonds is 7. The van der Waals surface area contributed by atoms with Crippen LogP contribution in [0.15, 0.2) is 77.8 Å². The third kappa shape index (κ3) is 5.90. The number of amides is 1. The Morgan fingerprint density at radius 2 is 1.74 bits per heavy atom. The molecule has 0 saturated carbocycles. The predicted molar refractivity (Wildman–Crippen MR) is 148 cm³/mol. The number of methoxy groups -OCH3 is 1. The number of halogens is 2. The molecule has 1 fully saturated rings. The second-order valence-corrected chi connectivity index (χ2v) is 11.8. The summed E-state index contributed by atoms with van der Waals surface area (Å²) >= 11 is 5.84. The Labute approximate surface area is 231 Å². The molecule has 0 radical (unpaired) electrons. The second-order valence-electron chi connectivity index (χ2n) is 9.42. The second kappa shape index (κ2) is 11.3. The lowest BCUT2D eigenvalue weighted by Gasteiger charge is -2.35. The van der Waals surface area contributed by atoms with Gasteiger partial charge >= 0.3 is 0 Å². The van der Waals surface area contributed by atoms with Crippen molar-refractivity contribution in [1.82, 2.24) is 14.8 Å². The highest BCUT2D eigenvalue weighted by molar-refractivity contribution is 7.90. The first-order chi connectivity index (χ1) is 18.7. The van der Waals surface area contributed by atoms with Gasteiger partial charge in [-0.3, -0.25) is 14.7 Å². The summed E-state index contributed by atoms with van der Waals surface area (Å²) in [6, 6.07) is 18.1. The smallest absolute Gasteiger partial charge is 0.254 e. The number of nitrogens with zero attached hydrogens (tertiary/aromatic N) is 3. The van der Waals surface area contributed by atoms with Crippen LogP contribution in [0.3, 0.4) is 0 Å². The van der Waals surface area contributed by atoms with Crippen LogP contribution in [0.2, 0.25) is 5.02 Å². The average molecular weight is 568 g/mol. The van der Waals surface area contributed by atoms with E-state index in [1.54, 1.807) is 59.6 Å². The zero-order chi connectivity index (χ0) is 27.6. The monoisotopic (exact) mass is 567 g/mol. The maximum atomic E-state index is 14.2. The third-order valence-electron chi connectivity index (χ3n) is 6.88. The number of benzene rings is 3. The normalized spacial score (nSPS) is 14.5. The van der Waals surface area contributed by atoms with Crippen LogP contribution in [-0.2, 0) is 22.1 Å². The van der Waals surface area contributed by atoms with E-state index < -0.39 is 9.84 Å². The number of fused-ring (bicyclic) bond motifs is 1. The van der Waals surface area contributed by atoms with Gasteiger partial charge < -0.3 is 9.64 Å². The SMILES string of the molecule is COc1cc(C(=O)N2CCN(Cc3ccc(Cl)cc3F)CC2)ccc1CS(=O)(=O)c1cccc2cccnc12. The van der Waals surface area contributed by atoms with Crippen LogP contribution in [0.5, 0.6) is 5.75 Å². The molecular weight excluding hydrogens is 541 g/mol. The van der Waals surface area contributed by atoms with Gasteiger partial charge in [-0.2, -0.15) is 0 Å². The highest BCUT2D eigenvalue weighted by atomic mass is 35.5. The molecule has 1 amide bonds. The van der Waals surface area contributed by atoms with Crippen molar-refractivity contribution in [3.05, 3.63) is 100 Å². The summed E-state index contributed by atoms with van der Waals surface area (Å²) in [5.41, 5.74) is 1.85. The lowest BCUT2D eigenvalue weighted by Crippen LogP contribution is -2.48. The largest absolute Gasteiger partial charge is 0.496 e. The Bertz CT molecular complexity index is 1630. The number of piperazine rings is 1. The number of hydrogen-bond donors (Lipinski definition) is 0. The predicted octanol–water partition coefficient (Wildman–Crippen LogP) is 4.97. The number of carbonyl (C=O) groups excluding carboxylic acids is 1. The summed E-state index contributed by atoms with van der Waals surface area (Å²) in [5.74, 6) is -0.472. The van der Waals surface area contributed by atoms with Crippen LogP contribution >= 0.6 is 11.6 Å². The molecule has 0 atom stereocenters. The van der Waals surface area contributed by atoms with Crippen molar-refractivity contribution in [2.75, 3.05) is 33.3 Å². The van der Waals surface area contributed by atoms with Gasteiger partial charge in [0.15, 0.2) is 9.84 Å². The van der Waals surface area contributed by atoms with E-state index in [1.165, 1.54) is 13.2 Å². The van der Waals surface area contributed by atoms with Crippen molar-refractivity contribution in [3.8, 4) is 5.75 Å².